The number of amides is 1. The van der Waals surface area contributed by atoms with Gasteiger partial charge in [0.2, 0.25) is 5.95 Å². The molecule has 2 aromatic rings. The first-order chi connectivity index (χ1) is 11.6. The Morgan fingerprint density at radius 3 is 2.67 bits per heavy atom. The zero-order valence-corrected chi connectivity index (χ0v) is 14.1. The van der Waals surface area contributed by atoms with Crippen molar-refractivity contribution in [3.63, 3.8) is 0 Å². The van der Waals surface area contributed by atoms with Crippen molar-refractivity contribution in [2.24, 2.45) is 0 Å². The van der Waals surface area contributed by atoms with E-state index in [9.17, 15) is 4.79 Å². The first-order valence-corrected chi connectivity index (χ1v) is 8.09. The van der Waals surface area contributed by atoms with Crippen molar-refractivity contribution >= 4 is 11.9 Å². The van der Waals surface area contributed by atoms with Gasteiger partial charge < -0.3 is 15.1 Å². The highest BCUT2D eigenvalue weighted by atomic mass is 16.1. The van der Waals surface area contributed by atoms with Gasteiger partial charge in [0, 0.05) is 38.6 Å². The Bertz CT molecular complexity index is 697. The number of anilines is 1. The van der Waals surface area contributed by atoms with Gasteiger partial charge in [-0.05, 0) is 26.1 Å². The number of piperazine rings is 1. The molecule has 0 atom stereocenters. The number of aromatic nitrogens is 3. The maximum Gasteiger partial charge on any atom is 0.255 e. The molecule has 3 heterocycles. The summed E-state index contributed by atoms with van der Waals surface area (Å²) in [6.07, 6.45) is 3.32. The summed E-state index contributed by atoms with van der Waals surface area (Å²) in [6, 6.07) is 5.62. The Hall–Kier alpha value is -2.54. The van der Waals surface area contributed by atoms with E-state index >= 15 is 0 Å². The number of likely N-dealkylation sites (N-methyl/N-ethyl adjacent to an activating group) is 1. The molecule has 0 saturated carbocycles. The van der Waals surface area contributed by atoms with Crippen molar-refractivity contribution in [2.75, 3.05) is 38.1 Å². The number of pyridine rings is 1. The average molecular weight is 326 g/mol. The standard InChI is InChI=1S/C17H22N6O/c1-13-15(16(24)19-11-14-5-3-4-6-18-14)12-20-17(21-13)23-9-7-22(2)8-10-23/h3-6,12H,7-11H2,1-2H3,(H,19,24). The van der Waals surface area contributed by atoms with E-state index in [1.54, 1.807) is 12.4 Å². The van der Waals surface area contributed by atoms with Crippen LogP contribution in [-0.2, 0) is 6.54 Å². The largest absolute Gasteiger partial charge is 0.346 e. The molecule has 0 spiro atoms. The first-order valence-electron chi connectivity index (χ1n) is 8.09. The lowest BCUT2D eigenvalue weighted by atomic mass is 10.2. The van der Waals surface area contributed by atoms with Gasteiger partial charge >= 0.3 is 0 Å². The molecule has 0 aliphatic carbocycles. The lowest BCUT2D eigenvalue weighted by molar-refractivity contribution is 0.0949. The van der Waals surface area contributed by atoms with Gasteiger partial charge in [-0.2, -0.15) is 0 Å². The smallest absolute Gasteiger partial charge is 0.255 e. The lowest BCUT2D eigenvalue weighted by Crippen LogP contribution is -2.45. The van der Waals surface area contributed by atoms with Crippen LogP contribution in [0.2, 0.25) is 0 Å². The molecule has 7 nitrogen and oxygen atoms in total. The Labute approximate surface area is 141 Å². The van der Waals surface area contributed by atoms with Crippen LogP contribution < -0.4 is 10.2 Å². The van der Waals surface area contributed by atoms with Crippen LogP contribution >= 0.6 is 0 Å². The van der Waals surface area contributed by atoms with E-state index in [-0.39, 0.29) is 5.91 Å². The summed E-state index contributed by atoms with van der Waals surface area (Å²) in [6.45, 7) is 6.03. The fraction of sp³-hybridized carbons (Fsp3) is 0.412. The topological polar surface area (TPSA) is 74.2 Å². The maximum atomic E-state index is 12.3. The number of nitrogens with one attached hydrogen (secondary N) is 1. The minimum absolute atomic E-state index is 0.178. The fourth-order valence-corrected chi connectivity index (χ4v) is 2.61. The second kappa shape index (κ2) is 7.35. The zero-order chi connectivity index (χ0) is 16.9. The van der Waals surface area contributed by atoms with Gasteiger partial charge in [0.1, 0.15) is 0 Å². The second-order valence-electron chi connectivity index (χ2n) is 5.96. The van der Waals surface area contributed by atoms with Crippen molar-refractivity contribution in [3.05, 3.63) is 47.5 Å². The normalized spacial score (nSPS) is 15.3. The van der Waals surface area contributed by atoms with Gasteiger partial charge in [-0.1, -0.05) is 6.07 Å². The van der Waals surface area contributed by atoms with Crippen LogP contribution in [0, 0.1) is 6.92 Å². The number of nitrogens with zero attached hydrogens (tertiary/aromatic N) is 5. The maximum absolute atomic E-state index is 12.3. The monoisotopic (exact) mass is 326 g/mol. The molecule has 3 rings (SSSR count). The van der Waals surface area contributed by atoms with Gasteiger partial charge in [-0.25, -0.2) is 9.97 Å². The molecule has 0 unspecified atom stereocenters. The summed E-state index contributed by atoms with van der Waals surface area (Å²) in [5.74, 6) is 0.518. The van der Waals surface area contributed by atoms with E-state index < -0.39 is 0 Å². The van der Waals surface area contributed by atoms with Crippen molar-refractivity contribution in [1.82, 2.24) is 25.2 Å². The number of rotatable bonds is 4. The van der Waals surface area contributed by atoms with Crippen molar-refractivity contribution < 1.29 is 4.79 Å². The molecule has 0 aromatic carbocycles. The van der Waals surface area contributed by atoms with Crippen LogP contribution in [0.15, 0.2) is 30.6 Å². The predicted octanol–water partition coefficient (Wildman–Crippen LogP) is 0.862. The molecular formula is C17H22N6O. The number of carbonyl (C=O) groups excluding carboxylic acids is 1. The van der Waals surface area contributed by atoms with Gasteiger partial charge in [-0.3, -0.25) is 9.78 Å². The Kier molecular flexibility index (Phi) is 5.00. The zero-order valence-electron chi connectivity index (χ0n) is 14.1. The Balaban J connectivity index is 1.64. The van der Waals surface area contributed by atoms with Crippen LogP contribution in [0.4, 0.5) is 5.95 Å². The molecule has 126 valence electrons. The van der Waals surface area contributed by atoms with Crippen LogP contribution in [0.25, 0.3) is 0 Å². The van der Waals surface area contributed by atoms with Crippen molar-refractivity contribution in [3.8, 4) is 0 Å². The SMILES string of the molecule is Cc1nc(N2CCN(C)CC2)ncc1C(=O)NCc1ccccn1. The third-order valence-electron chi connectivity index (χ3n) is 4.15. The van der Waals surface area contributed by atoms with Gasteiger partial charge in [0.25, 0.3) is 5.91 Å². The van der Waals surface area contributed by atoms with Crippen molar-refractivity contribution in [2.45, 2.75) is 13.5 Å². The van der Waals surface area contributed by atoms with E-state index in [1.807, 2.05) is 25.1 Å². The molecule has 2 aromatic heterocycles. The van der Waals surface area contributed by atoms with Crippen molar-refractivity contribution in [1.29, 1.82) is 0 Å². The van der Waals surface area contributed by atoms with E-state index in [0.29, 0.717) is 23.8 Å². The molecule has 1 aliphatic rings. The molecule has 1 saturated heterocycles. The Morgan fingerprint density at radius 2 is 2.00 bits per heavy atom. The highest BCUT2D eigenvalue weighted by Gasteiger charge is 2.18. The van der Waals surface area contributed by atoms with Crippen LogP contribution in [0.3, 0.4) is 0 Å². The predicted molar refractivity (Wildman–Crippen MR) is 91.9 cm³/mol. The van der Waals surface area contributed by atoms with E-state index in [4.69, 9.17) is 0 Å². The lowest BCUT2D eigenvalue weighted by Gasteiger charge is -2.32. The summed E-state index contributed by atoms with van der Waals surface area (Å²) < 4.78 is 0. The van der Waals surface area contributed by atoms with Gasteiger partial charge in [0.05, 0.1) is 23.5 Å². The molecule has 1 aliphatic heterocycles. The number of carbonyl (C=O) groups is 1. The number of aryl methyl sites for hydroxylation is 1. The van der Waals surface area contributed by atoms with E-state index in [2.05, 4.69) is 37.1 Å². The molecule has 24 heavy (non-hydrogen) atoms. The molecule has 0 bridgehead atoms. The summed E-state index contributed by atoms with van der Waals surface area (Å²) in [5.41, 5.74) is 2.01. The summed E-state index contributed by atoms with van der Waals surface area (Å²) in [7, 11) is 2.11. The van der Waals surface area contributed by atoms with Crippen LogP contribution in [0.5, 0.6) is 0 Å². The van der Waals surface area contributed by atoms with Crippen LogP contribution in [0.1, 0.15) is 21.7 Å². The Morgan fingerprint density at radius 1 is 1.21 bits per heavy atom. The highest BCUT2D eigenvalue weighted by molar-refractivity contribution is 5.94. The van der Waals surface area contributed by atoms with Gasteiger partial charge in [-0.15, -0.1) is 0 Å². The fourth-order valence-electron chi connectivity index (χ4n) is 2.61. The molecule has 1 fully saturated rings. The van der Waals surface area contributed by atoms with E-state index in [1.165, 1.54) is 0 Å². The first kappa shape index (κ1) is 16.3. The highest BCUT2D eigenvalue weighted by Crippen LogP contribution is 2.13. The summed E-state index contributed by atoms with van der Waals surface area (Å²) in [5, 5.41) is 2.86. The molecule has 1 amide bonds. The van der Waals surface area contributed by atoms with Crippen LogP contribution in [-0.4, -0.2) is 59.0 Å². The second-order valence-corrected chi connectivity index (χ2v) is 5.96. The van der Waals surface area contributed by atoms with Gasteiger partial charge in [0.15, 0.2) is 0 Å². The average Bonchev–Trinajstić information content (AvgIpc) is 2.61. The number of hydrogen-bond donors (Lipinski definition) is 1. The number of hydrogen-bond acceptors (Lipinski definition) is 6. The molecule has 1 N–H and O–H groups in total. The minimum atomic E-state index is -0.178. The molecule has 0 radical (unpaired) electrons. The quantitative estimate of drug-likeness (QED) is 0.898. The summed E-state index contributed by atoms with van der Waals surface area (Å²) >= 11 is 0. The minimum Gasteiger partial charge on any atom is -0.346 e. The van der Waals surface area contributed by atoms with E-state index in [0.717, 1.165) is 31.9 Å². The summed E-state index contributed by atoms with van der Waals surface area (Å²) in [4.78, 5) is 29.9. The third-order valence-corrected chi connectivity index (χ3v) is 4.15. The molecular weight excluding hydrogens is 304 g/mol. The molecule has 7 heteroatoms. The third kappa shape index (κ3) is 3.86.